The molecular weight excluding hydrogens is 208 g/mol. The molecule has 0 aliphatic heterocycles. The van der Waals surface area contributed by atoms with E-state index in [1.807, 2.05) is 0 Å². The third-order valence-corrected chi connectivity index (χ3v) is 3.32. The van der Waals surface area contributed by atoms with E-state index in [9.17, 15) is 5.11 Å². The van der Waals surface area contributed by atoms with Crippen molar-refractivity contribution in [1.29, 1.82) is 0 Å². The molecule has 0 saturated carbocycles. The van der Waals surface area contributed by atoms with Gasteiger partial charge in [0.15, 0.2) is 0 Å². The summed E-state index contributed by atoms with van der Waals surface area (Å²) in [6.07, 6.45) is 1.63. The van der Waals surface area contributed by atoms with Crippen molar-refractivity contribution >= 4 is 0 Å². The molecule has 1 rings (SSSR count). The predicted octanol–water partition coefficient (Wildman–Crippen LogP) is 3.93. The minimum absolute atomic E-state index is 0.183. The zero-order chi connectivity index (χ0) is 13.1. The van der Waals surface area contributed by atoms with Crippen LogP contribution in [0.2, 0.25) is 0 Å². The van der Waals surface area contributed by atoms with Crippen molar-refractivity contribution in [1.82, 2.24) is 0 Å². The van der Waals surface area contributed by atoms with Gasteiger partial charge in [-0.3, -0.25) is 0 Å². The highest BCUT2D eigenvalue weighted by Crippen LogP contribution is 2.22. The molecule has 0 aromatic heterocycles. The fourth-order valence-electron chi connectivity index (χ4n) is 1.82. The lowest BCUT2D eigenvalue weighted by Gasteiger charge is -2.19. The molecule has 96 valence electrons. The Hall–Kier alpha value is -0.820. The Bertz CT molecular complexity index is 330. The van der Waals surface area contributed by atoms with Crippen LogP contribution in [0.25, 0.3) is 0 Å². The van der Waals surface area contributed by atoms with Gasteiger partial charge in [0, 0.05) is 0 Å². The first-order valence-corrected chi connectivity index (χ1v) is 6.58. The molecule has 1 N–H and O–H groups in total. The molecular formula is C16H26O. The third-order valence-electron chi connectivity index (χ3n) is 3.32. The molecule has 0 spiro atoms. The van der Waals surface area contributed by atoms with Crippen LogP contribution in [0.15, 0.2) is 24.3 Å². The van der Waals surface area contributed by atoms with Crippen molar-refractivity contribution < 1.29 is 5.11 Å². The number of benzene rings is 1. The highest BCUT2D eigenvalue weighted by molar-refractivity contribution is 5.27. The molecule has 0 radical (unpaired) electrons. The van der Waals surface area contributed by atoms with E-state index in [2.05, 4.69) is 58.9 Å². The Morgan fingerprint density at radius 3 is 2.00 bits per heavy atom. The first-order valence-electron chi connectivity index (χ1n) is 6.58. The lowest BCUT2D eigenvalue weighted by Crippen LogP contribution is -2.15. The molecule has 0 aliphatic carbocycles. The van der Waals surface area contributed by atoms with Crippen molar-refractivity contribution in [2.45, 2.75) is 59.0 Å². The summed E-state index contributed by atoms with van der Waals surface area (Å²) >= 11 is 0. The largest absolute Gasteiger partial charge is 0.393 e. The molecule has 0 bridgehead atoms. The third kappa shape index (κ3) is 4.51. The number of hydrogen-bond acceptors (Lipinski definition) is 1. The number of rotatable bonds is 4. The number of hydrogen-bond donors (Lipinski definition) is 1. The smallest absolute Gasteiger partial charge is 0.0566 e. The Morgan fingerprint density at radius 1 is 1.06 bits per heavy atom. The lowest BCUT2D eigenvalue weighted by atomic mass is 9.86. The number of aryl methyl sites for hydroxylation is 1. The second-order valence-electron chi connectivity index (χ2n) is 6.30. The van der Waals surface area contributed by atoms with E-state index in [1.165, 1.54) is 11.1 Å². The standard InChI is InChI=1S/C16H26O/c1-12(2)15(17)11-8-13-6-9-14(10-7-13)16(3,4)5/h6-7,9-10,12,15,17H,8,11H2,1-5H3/t15-/m0/s1. The van der Waals surface area contributed by atoms with Gasteiger partial charge in [-0.2, -0.15) is 0 Å². The van der Waals surface area contributed by atoms with E-state index in [1.54, 1.807) is 0 Å². The maximum absolute atomic E-state index is 9.77. The van der Waals surface area contributed by atoms with Crippen LogP contribution in [0.3, 0.4) is 0 Å². The van der Waals surface area contributed by atoms with Crippen LogP contribution in [0.5, 0.6) is 0 Å². The lowest BCUT2D eigenvalue weighted by molar-refractivity contribution is 0.116. The molecule has 0 heterocycles. The summed E-state index contributed by atoms with van der Waals surface area (Å²) in [4.78, 5) is 0. The molecule has 0 saturated heterocycles. The highest BCUT2D eigenvalue weighted by atomic mass is 16.3. The van der Waals surface area contributed by atoms with Crippen LogP contribution in [0.4, 0.5) is 0 Å². The van der Waals surface area contributed by atoms with Gasteiger partial charge >= 0.3 is 0 Å². The summed E-state index contributed by atoms with van der Waals surface area (Å²) in [5.74, 6) is 0.351. The van der Waals surface area contributed by atoms with Gasteiger partial charge in [0.05, 0.1) is 6.10 Å². The average molecular weight is 234 g/mol. The molecule has 0 unspecified atom stereocenters. The minimum atomic E-state index is -0.183. The van der Waals surface area contributed by atoms with Gasteiger partial charge in [-0.25, -0.2) is 0 Å². The molecule has 1 heteroatoms. The average Bonchev–Trinajstić information content (AvgIpc) is 2.25. The van der Waals surface area contributed by atoms with Crippen molar-refractivity contribution in [3.05, 3.63) is 35.4 Å². The van der Waals surface area contributed by atoms with Gasteiger partial charge in [0.25, 0.3) is 0 Å². The molecule has 0 amide bonds. The van der Waals surface area contributed by atoms with Crippen molar-refractivity contribution in [2.75, 3.05) is 0 Å². The van der Waals surface area contributed by atoms with Gasteiger partial charge < -0.3 is 5.11 Å². The fourth-order valence-corrected chi connectivity index (χ4v) is 1.82. The molecule has 17 heavy (non-hydrogen) atoms. The molecule has 1 aromatic carbocycles. The Balaban J connectivity index is 2.57. The topological polar surface area (TPSA) is 20.2 Å². The van der Waals surface area contributed by atoms with Crippen LogP contribution >= 0.6 is 0 Å². The van der Waals surface area contributed by atoms with Crippen LogP contribution < -0.4 is 0 Å². The highest BCUT2D eigenvalue weighted by Gasteiger charge is 2.13. The summed E-state index contributed by atoms with van der Waals surface area (Å²) in [5, 5.41) is 9.77. The molecule has 0 aliphatic rings. The summed E-state index contributed by atoms with van der Waals surface area (Å²) in [6, 6.07) is 8.79. The van der Waals surface area contributed by atoms with Crippen LogP contribution in [-0.2, 0) is 11.8 Å². The van der Waals surface area contributed by atoms with E-state index >= 15 is 0 Å². The first kappa shape index (κ1) is 14.2. The van der Waals surface area contributed by atoms with Crippen LogP contribution in [0.1, 0.15) is 52.2 Å². The monoisotopic (exact) mass is 234 g/mol. The van der Waals surface area contributed by atoms with E-state index in [4.69, 9.17) is 0 Å². The van der Waals surface area contributed by atoms with Crippen molar-refractivity contribution in [3.63, 3.8) is 0 Å². The molecule has 0 fully saturated rings. The van der Waals surface area contributed by atoms with Crippen molar-refractivity contribution in [2.24, 2.45) is 5.92 Å². The fraction of sp³-hybridized carbons (Fsp3) is 0.625. The normalized spacial score (nSPS) is 14.1. The van der Waals surface area contributed by atoms with E-state index in [0.29, 0.717) is 5.92 Å². The Morgan fingerprint density at radius 2 is 1.59 bits per heavy atom. The van der Waals surface area contributed by atoms with E-state index in [-0.39, 0.29) is 11.5 Å². The first-order chi connectivity index (χ1) is 7.80. The summed E-state index contributed by atoms with van der Waals surface area (Å²) in [6.45, 7) is 10.8. The van der Waals surface area contributed by atoms with Crippen LogP contribution in [0, 0.1) is 5.92 Å². The molecule has 1 atom stereocenters. The van der Waals surface area contributed by atoms with Crippen LogP contribution in [-0.4, -0.2) is 11.2 Å². The summed E-state index contributed by atoms with van der Waals surface area (Å²) in [5.41, 5.74) is 2.90. The second kappa shape index (κ2) is 5.68. The predicted molar refractivity (Wildman–Crippen MR) is 74.3 cm³/mol. The SMILES string of the molecule is CC(C)[C@@H](O)CCc1ccc(C(C)(C)C)cc1. The van der Waals surface area contributed by atoms with Gasteiger partial charge in [-0.15, -0.1) is 0 Å². The van der Waals surface area contributed by atoms with Gasteiger partial charge in [-0.1, -0.05) is 58.9 Å². The quantitative estimate of drug-likeness (QED) is 0.837. The van der Waals surface area contributed by atoms with Gasteiger partial charge in [-0.05, 0) is 35.3 Å². The van der Waals surface area contributed by atoms with Gasteiger partial charge in [0.2, 0.25) is 0 Å². The summed E-state index contributed by atoms with van der Waals surface area (Å²) < 4.78 is 0. The maximum Gasteiger partial charge on any atom is 0.0566 e. The van der Waals surface area contributed by atoms with Crippen molar-refractivity contribution in [3.8, 4) is 0 Å². The van der Waals surface area contributed by atoms with E-state index in [0.717, 1.165) is 12.8 Å². The van der Waals surface area contributed by atoms with Gasteiger partial charge in [0.1, 0.15) is 0 Å². The number of aliphatic hydroxyl groups is 1. The minimum Gasteiger partial charge on any atom is -0.393 e. The molecule has 1 nitrogen and oxygen atoms in total. The number of aliphatic hydroxyl groups excluding tert-OH is 1. The maximum atomic E-state index is 9.77. The summed E-state index contributed by atoms with van der Waals surface area (Å²) in [7, 11) is 0. The Labute approximate surface area is 106 Å². The zero-order valence-electron chi connectivity index (χ0n) is 11.8. The second-order valence-corrected chi connectivity index (χ2v) is 6.30. The molecule has 1 aromatic rings. The Kier molecular flexibility index (Phi) is 4.76. The van der Waals surface area contributed by atoms with E-state index < -0.39 is 0 Å². The zero-order valence-corrected chi connectivity index (χ0v) is 11.8.